The Morgan fingerprint density at radius 1 is 0.923 bits per heavy atom. The van der Waals surface area contributed by atoms with Crippen LogP contribution in [0.2, 0.25) is 0 Å². The Hall–Kier alpha value is -2.32. The molecule has 0 amide bonds. The third-order valence-corrected chi connectivity index (χ3v) is 3.55. The lowest BCUT2D eigenvalue weighted by molar-refractivity contribution is -0.255. The van der Waals surface area contributed by atoms with E-state index < -0.39 is 11.9 Å². The SMILES string of the molecule is CN(C)CCCOc1cc(C(=O)O)c(OCCCN(C)C)cc1C(=O)[O-]. The molecule has 1 rings (SSSR count). The number of benzene rings is 1. The Balaban J connectivity index is 2.95. The van der Waals surface area contributed by atoms with Crippen molar-refractivity contribution in [3.63, 3.8) is 0 Å². The minimum atomic E-state index is -1.44. The molecule has 0 aliphatic carbocycles. The maximum absolute atomic E-state index is 11.5. The Kier molecular flexibility index (Phi) is 8.87. The smallest absolute Gasteiger partial charge is 0.339 e. The number of aromatic carboxylic acids is 2. The van der Waals surface area contributed by atoms with Crippen molar-refractivity contribution in [1.82, 2.24) is 9.80 Å². The number of carbonyl (C=O) groups excluding carboxylic acids is 1. The highest BCUT2D eigenvalue weighted by Crippen LogP contribution is 2.29. The van der Waals surface area contributed by atoms with Gasteiger partial charge in [0.25, 0.3) is 0 Å². The summed E-state index contributed by atoms with van der Waals surface area (Å²) in [6.45, 7) is 2.07. The van der Waals surface area contributed by atoms with Crippen LogP contribution < -0.4 is 14.6 Å². The van der Waals surface area contributed by atoms with Crippen LogP contribution in [0.1, 0.15) is 33.6 Å². The molecule has 1 N–H and O–H groups in total. The lowest BCUT2D eigenvalue weighted by Gasteiger charge is -2.17. The van der Waals surface area contributed by atoms with Gasteiger partial charge in [0.05, 0.1) is 19.2 Å². The van der Waals surface area contributed by atoms with Crippen LogP contribution in [0.5, 0.6) is 11.5 Å². The highest BCUT2D eigenvalue weighted by atomic mass is 16.5. The van der Waals surface area contributed by atoms with Crippen molar-refractivity contribution < 1.29 is 29.3 Å². The molecule has 1 aromatic rings. The largest absolute Gasteiger partial charge is 0.545 e. The quantitative estimate of drug-likeness (QED) is 0.530. The lowest BCUT2D eigenvalue weighted by atomic mass is 10.1. The second kappa shape index (κ2) is 10.6. The van der Waals surface area contributed by atoms with E-state index in [1.54, 1.807) is 0 Å². The van der Waals surface area contributed by atoms with E-state index in [0.717, 1.165) is 19.2 Å². The van der Waals surface area contributed by atoms with Gasteiger partial charge in [-0.3, -0.25) is 0 Å². The molecule has 1 aromatic carbocycles. The lowest BCUT2D eigenvalue weighted by Crippen LogP contribution is -2.24. The molecule has 0 aliphatic rings. The molecule has 0 unspecified atom stereocenters. The number of carboxylic acids is 2. The number of carboxylic acid groups (broad SMARTS) is 2. The summed E-state index contributed by atoms with van der Waals surface area (Å²) in [4.78, 5) is 26.8. The number of rotatable bonds is 12. The number of nitrogens with zero attached hydrogens (tertiary/aromatic N) is 2. The number of hydrogen-bond acceptors (Lipinski definition) is 7. The summed E-state index contributed by atoms with van der Waals surface area (Å²) < 4.78 is 11.0. The molecule has 0 aliphatic heterocycles. The molecule has 0 saturated carbocycles. The second-order valence-corrected chi connectivity index (χ2v) is 6.45. The van der Waals surface area contributed by atoms with Gasteiger partial charge < -0.3 is 34.3 Å². The van der Waals surface area contributed by atoms with Gasteiger partial charge in [0.1, 0.15) is 17.1 Å². The monoisotopic (exact) mass is 367 g/mol. The van der Waals surface area contributed by atoms with Crippen LogP contribution in [0.15, 0.2) is 12.1 Å². The minimum Gasteiger partial charge on any atom is -0.545 e. The van der Waals surface area contributed by atoms with Gasteiger partial charge >= 0.3 is 5.97 Å². The summed E-state index contributed by atoms with van der Waals surface area (Å²) in [7, 11) is 7.66. The Bertz CT molecular complexity index is 562. The van der Waals surface area contributed by atoms with Crippen LogP contribution in [0.25, 0.3) is 0 Å². The number of carbonyl (C=O) groups is 2. The topological polar surface area (TPSA) is 102 Å². The first kappa shape index (κ1) is 21.7. The van der Waals surface area contributed by atoms with Gasteiger partial charge in [-0.05, 0) is 53.2 Å². The zero-order valence-electron chi connectivity index (χ0n) is 15.8. The van der Waals surface area contributed by atoms with Crippen molar-refractivity contribution >= 4 is 11.9 Å². The van der Waals surface area contributed by atoms with Gasteiger partial charge in [-0.25, -0.2) is 4.79 Å². The molecule has 0 spiro atoms. The summed E-state index contributed by atoms with van der Waals surface area (Å²) in [6, 6.07) is 2.35. The molecule has 0 fully saturated rings. The molecular weight excluding hydrogens is 340 g/mol. The Labute approximate surface area is 153 Å². The molecule has 26 heavy (non-hydrogen) atoms. The summed E-state index contributed by atoms with van der Waals surface area (Å²) in [5.74, 6) is -2.68. The number of ether oxygens (including phenoxy) is 2. The van der Waals surface area contributed by atoms with Gasteiger partial charge in [-0.2, -0.15) is 0 Å². The molecule has 0 saturated heterocycles. The fourth-order valence-corrected chi connectivity index (χ4v) is 2.25. The van der Waals surface area contributed by atoms with E-state index >= 15 is 0 Å². The van der Waals surface area contributed by atoms with Crippen LogP contribution >= 0.6 is 0 Å². The predicted octanol–water partition coefficient (Wildman–Crippen LogP) is 0.409. The average molecular weight is 367 g/mol. The Morgan fingerprint density at radius 2 is 1.35 bits per heavy atom. The van der Waals surface area contributed by atoms with E-state index in [2.05, 4.69) is 0 Å². The zero-order valence-corrected chi connectivity index (χ0v) is 15.8. The van der Waals surface area contributed by atoms with Gasteiger partial charge in [-0.1, -0.05) is 0 Å². The highest BCUT2D eigenvalue weighted by Gasteiger charge is 2.18. The molecule has 0 atom stereocenters. The van der Waals surface area contributed by atoms with Crippen LogP contribution in [-0.4, -0.2) is 81.3 Å². The standard InChI is InChI=1S/C18H28N2O6/c1-19(2)7-5-9-25-15-11-14(18(23)24)16(12-13(15)17(21)22)26-10-6-8-20(3)4/h11-12H,5-10H2,1-4H3,(H,21,22)(H,23,24)/p-1. The van der Waals surface area contributed by atoms with E-state index in [0.29, 0.717) is 12.8 Å². The summed E-state index contributed by atoms with van der Waals surface area (Å²) in [5.41, 5.74) is -0.357. The average Bonchev–Trinajstić information content (AvgIpc) is 2.54. The van der Waals surface area contributed by atoms with E-state index in [1.165, 1.54) is 6.07 Å². The van der Waals surface area contributed by atoms with Crippen molar-refractivity contribution in [2.45, 2.75) is 12.8 Å². The summed E-state index contributed by atoms with van der Waals surface area (Å²) >= 11 is 0. The first-order chi connectivity index (χ1) is 12.2. The molecule has 8 nitrogen and oxygen atoms in total. The molecular formula is C18H27N2O6-. The molecule has 0 aromatic heterocycles. The van der Waals surface area contributed by atoms with E-state index in [9.17, 15) is 19.8 Å². The predicted molar refractivity (Wildman–Crippen MR) is 95.1 cm³/mol. The van der Waals surface area contributed by atoms with Crippen molar-refractivity contribution in [2.75, 3.05) is 54.5 Å². The molecule has 146 valence electrons. The van der Waals surface area contributed by atoms with Crippen molar-refractivity contribution in [3.8, 4) is 11.5 Å². The van der Waals surface area contributed by atoms with Crippen molar-refractivity contribution in [3.05, 3.63) is 23.3 Å². The third kappa shape index (κ3) is 7.28. The first-order valence-electron chi connectivity index (χ1n) is 8.40. The van der Waals surface area contributed by atoms with E-state index in [1.807, 2.05) is 38.0 Å². The van der Waals surface area contributed by atoms with E-state index in [-0.39, 0.29) is 35.8 Å². The maximum atomic E-state index is 11.5. The molecule has 0 heterocycles. The third-order valence-electron chi connectivity index (χ3n) is 3.55. The van der Waals surface area contributed by atoms with Crippen molar-refractivity contribution in [1.29, 1.82) is 0 Å². The van der Waals surface area contributed by atoms with Crippen LogP contribution in [0.3, 0.4) is 0 Å². The van der Waals surface area contributed by atoms with Crippen LogP contribution in [-0.2, 0) is 0 Å². The van der Waals surface area contributed by atoms with Gasteiger partial charge in [0.15, 0.2) is 0 Å². The minimum absolute atomic E-state index is 0.00361. The summed E-state index contributed by atoms with van der Waals surface area (Å²) in [5, 5.41) is 20.8. The van der Waals surface area contributed by atoms with Crippen LogP contribution in [0.4, 0.5) is 0 Å². The van der Waals surface area contributed by atoms with Crippen molar-refractivity contribution in [2.24, 2.45) is 0 Å². The normalized spacial score (nSPS) is 11.0. The first-order valence-corrected chi connectivity index (χ1v) is 8.40. The van der Waals surface area contributed by atoms with Crippen LogP contribution in [0, 0.1) is 0 Å². The fraction of sp³-hybridized carbons (Fsp3) is 0.556. The molecule has 0 radical (unpaired) electrons. The number of hydrogen-bond donors (Lipinski definition) is 1. The fourth-order valence-electron chi connectivity index (χ4n) is 2.25. The highest BCUT2D eigenvalue weighted by molar-refractivity contribution is 5.96. The van der Waals surface area contributed by atoms with E-state index in [4.69, 9.17) is 9.47 Å². The van der Waals surface area contributed by atoms with Gasteiger partial charge in [-0.15, -0.1) is 0 Å². The molecule has 0 bridgehead atoms. The molecule has 8 heteroatoms. The summed E-state index contributed by atoms with van der Waals surface area (Å²) in [6.07, 6.45) is 1.35. The van der Waals surface area contributed by atoms with Gasteiger partial charge in [0.2, 0.25) is 0 Å². The second-order valence-electron chi connectivity index (χ2n) is 6.45. The maximum Gasteiger partial charge on any atom is 0.339 e. The van der Waals surface area contributed by atoms with Gasteiger partial charge in [0, 0.05) is 18.7 Å². The Morgan fingerprint density at radius 3 is 1.73 bits per heavy atom. The zero-order chi connectivity index (χ0) is 19.7.